The fourth-order valence-corrected chi connectivity index (χ4v) is 2.68. The molecule has 150 valence electrons. The highest BCUT2D eigenvalue weighted by atomic mass is 16.5. The highest BCUT2D eigenvalue weighted by molar-refractivity contribution is 5.90. The smallest absolute Gasteiger partial charge is 0.339 e. The Kier molecular flexibility index (Phi) is 7.87. The van der Waals surface area contributed by atoms with Crippen LogP contribution in [0.2, 0.25) is 0 Å². The summed E-state index contributed by atoms with van der Waals surface area (Å²) in [5.74, 6) is -0.779. The average molecular weight is 393 g/mol. The number of nitriles is 1. The summed E-state index contributed by atoms with van der Waals surface area (Å²) < 4.78 is 11.5. The fourth-order valence-electron chi connectivity index (χ4n) is 2.68. The Morgan fingerprint density at radius 3 is 2.45 bits per heavy atom. The number of aliphatic hydroxyl groups is 1. The van der Waals surface area contributed by atoms with Gasteiger partial charge in [0.2, 0.25) is 0 Å². The van der Waals surface area contributed by atoms with Gasteiger partial charge in [0.15, 0.2) is 11.5 Å². The quantitative estimate of drug-likeness (QED) is 0.368. The Balaban J connectivity index is 2.35. The number of nitrogens with zero attached hydrogens (tertiary/aromatic N) is 1. The number of carbonyl (C=O) groups is 1. The molecule has 0 amide bonds. The van der Waals surface area contributed by atoms with Crippen LogP contribution in [0.3, 0.4) is 0 Å². The molecule has 0 saturated heterocycles. The van der Waals surface area contributed by atoms with E-state index in [1.54, 1.807) is 19.1 Å². The molecule has 0 radical (unpaired) electrons. The van der Waals surface area contributed by atoms with E-state index in [0.717, 1.165) is 5.56 Å². The van der Waals surface area contributed by atoms with E-state index in [1.807, 2.05) is 37.3 Å². The topological polar surface area (TPSA) is 99.8 Å². The lowest BCUT2D eigenvalue weighted by Gasteiger charge is -2.15. The summed E-state index contributed by atoms with van der Waals surface area (Å²) in [6.07, 6.45) is 2.91. The number of aliphatic hydroxyl groups excluding tert-OH is 1. The SMILES string of the molecule is C/C=C(O)\C(=C/Cc1cc(C#N)c(OCc2ccccc2)c(OCC)c1)C(=O)O. The van der Waals surface area contributed by atoms with E-state index in [-0.39, 0.29) is 24.4 Å². The maximum Gasteiger partial charge on any atom is 0.339 e. The zero-order chi connectivity index (χ0) is 21.2. The second kappa shape index (κ2) is 10.6. The molecule has 0 spiro atoms. The molecule has 2 rings (SSSR count). The van der Waals surface area contributed by atoms with Gasteiger partial charge in [-0.15, -0.1) is 0 Å². The normalized spacial score (nSPS) is 11.6. The monoisotopic (exact) mass is 393 g/mol. The number of hydrogen-bond donors (Lipinski definition) is 2. The summed E-state index contributed by atoms with van der Waals surface area (Å²) >= 11 is 0. The summed E-state index contributed by atoms with van der Waals surface area (Å²) in [6.45, 7) is 4.04. The number of hydrogen-bond acceptors (Lipinski definition) is 5. The summed E-state index contributed by atoms with van der Waals surface area (Å²) in [4.78, 5) is 11.3. The van der Waals surface area contributed by atoms with Crippen LogP contribution in [0.5, 0.6) is 11.5 Å². The van der Waals surface area contributed by atoms with Crippen molar-refractivity contribution in [3.05, 3.63) is 82.6 Å². The van der Waals surface area contributed by atoms with E-state index in [4.69, 9.17) is 9.47 Å². The van der Waals surface area contributed by atoms with Crippen molar-refractivity contribution in [2.45, 2.75) is 26.9 Å². The summed E-state index contributed by atoms with van der Waals surface area (Å²) in [5.41, 5.74) is 1.72. The second-order valence-corrected chi connectivity index (χ2v) is 6.09. The first-order valence-electron chi connectivity index (χ1n) is 9.15. The molecule has 2 aromatic rings. The molecule has 6 heteroatoms. The number of carboxylic acids is 1. The number of aliphatic carboxylic acids is 1. The molecule has 0 unspecified atom stereocenters. The first-order chi connectivity index (χ1) is 14.0. The van der Waals surface area contributed by atoms with Crippen LogP contribution in [0.15, 0.2) is 65.9 Å². The standard InChI is InChI=1S/C23H23NO5/c1-3-20(25)19(23(26)27)11-10-17-12-18(14-24)22(21(13-17)28-4-2)29-15-16-8-6-5-7-9-16/h3,5-9,11-13,25H,4,10,15H2,1-2H3,(H,26,27)/b19-11+,20-3+. The lowest BCUT2D eigenvalue weighted by Crippen LogP contribution is -2.05. The third kappa shape index (κ3) is 5.88. The van der Waals surface area contributed by atoms with Crippen LogP contribution in [0.25, 0.3) is 0 Å². The number of ether oxygens (including phenoxy) is 2. The van der Waals surface area contributed by atoms with Gasteiger partial charge >= 0.3 is 5.97 Å². The van der Waals surface area contributed by atoms with Crippen LogP contribution in [-0.4, -0.2) is 22.8 Å². The maximum atomic E-state index is 11.3. The predicted molar refractivity (Wildman–Crippen MR) is 109 cm³/mol. The van der Waals surface area contributed by atoms with E-state index in [9.17, 15) is 20.3 Å². The van der Waals surface area contributed by atoms with Gasteiger partial charge in [-0.05, 0) is 49.6 Å². The van der Waals surface area contributed by atoms with Crippen molar-refractivity contribution in [3.8, 4) is 17.6 Å². The van der Waals surface area contributed by atoms with E-state index < -0.39 is 5.97 Å². The van der Waals surface area contributed by atoms with Crippen molar-refractivity contribution in [1.29, 1.82) is 5.26 Å². The van der Waals surface area contributed by atoms with E-state index >= 15 is 0 Å². The van der Waals surface area contributed by atoms with Crippen molar-refractivity contribution >= 4 is 5.97 Å². The number of carboxylic acid groups (broad SMARTS) is 1. The molecular weight excluding hydrogens is 370 g/mol. The van der Waals surface area contributed by atoms with Crippen molar-refractivity contribution in [2.75, 3.05) is 6.61 Å². The van der Waals surface area contributed by atoms with Crippen molar-refractivity contribution < 1.29 is 24.5 Å². The van der Waals surface area contributed by atoms with Gasteiger partial charge in [-0.25, -0.2) is 4.79 Å². The maximum absolute atomic E-state index is 11.3. The molecule has 6 nitrogen and oxygen atoms in total. The van der Waals surface area contributed by atoms with Gasteiger partial charge < -0.3 is 19.7 Å². The van der Waals surface area contributed by atoms with Gasteiger partial charge in [0.1, 0.15) is 18.4 Å². The average Bonchev–Trinajstić information content (AvgIpc) is 2.73. The van der Waals surface area contributed by atoms with Gasteiger partial charge in [0.25, 0.3) is 0 Å². The number of rotatable bonds is 9. The molecule has 0 heterocycles. The minimum Gasteiger partial charge on any atom is -0.507 e. The summed E-state index contributed by atoms with van der Waals surface area (Å²) in [5, 5.41) is 28.6. The Bertz CT molecular complexity index is 955. The lowest BCUT2D eigenvalue weighted by molar-refractivity contribution is -0.132. The Hall–Kier alpha value is -3.72. The highest BCUT2D eigenvalue weighted by Gasteiger charge is 2.16. The van der Waals surface area contributed by atoms with E-state index in [0.29, 0.717) is 29.2 Å². The van der Waals surface area contributed by atoms with Crippen LogP contribution in [0, 0.1) is 11.3 Å². The Morgan fingerprint density at radius 1 is 1.14 bits per heavy atom. The number of benzene rings is 2. The third-order valence-electron chi connectivity index (χ3n) is 4.08. The molecular formula is C23H23NO5. The molecule has 0 bridgehead atoms. The zero-order valence-electron chi connectivity index (χ0n) is 16.4. The summed E-state index contributed by atoms with van der Waals surface area (Å²) in [7, 11) is 0. The van der Waals surface area contributed by atoms with Crippen molar-refractivity contribution in [1.82, 2.24) is 0 Å². The summed E-state index contributed by atoms with van der Waals surface area (Å²) in [6, 6.07) is 15.0. The first-order valence-corrected chi connectivity index (χ1v) is 9.15. The fraction of sp³-hybridized carbons (Fsp3) is 0.217. The second-order valence-electron chi connectivity index (χ2n) is 6.09. The molecule has 0 fully saturated rings. The van der Waals surface area contributed by atoms with Gasteiger partial charge in [0.05, 0.1) is 17.7 Å². The molecule has 0 aromatic heterocycles. The largest absolute Gasteiger partial charge is 0.507 e. The molecule has 0 aliphatic rings. The predicted octanol–water partition coefficient (Wildman–Crippen LogP) is 4.55. The molecule has 29 heavy (non-hydrogen) atoms. The Labute approximate surface area is 169 Å². The van der Waals surface area contributed by atoms with Crippen LogP contribution < -0.4 is 9.47 Å². The lowest BCUT2D eigenvalue weighted by atomic mass is 10.0. The van der Waals surface area contributed by atoms with Crippen LogP contribution in [0.1, 0.15) is 30.5 Å². The van der Waals surface area contributed by atoms with E-state index in [1.165, 1.54) is 12.2 Å². The van der Waals surface area contributed by atoms with Gasteiger partial charge in [-0.1, -0.05) is 36.4 Å². The van der Waals surface area contributed by atoms with Gasteiger partial charge in [-0.2, -0.15) is 5.26 Å². The third-order valence-corrected chi connectivity index (χ3v) is 4.08. The molecule has 0 aliphatic carbocycles. The highest BCUT2D eigenvalue weighted by Crippen LogP contribution is 2.34. The first kappa shape index (κ1) is 21.6. The minimum atomic E-state index is -1.23. The van der Waals surface area contributed by atoms with Crippen molar-refractivity contribution in [2.24, 2.45) is 0 Å². The molecule has 0 saturated carbocycles. The molecule has 2 N–H and O–H groups in total. The Morgan fingerprint density at radius 2 is 1.86 bits per heavy atom. The van der Waals surface area contributed by atoms with Crippen LogP contribution in [0.4, 0.5) is 0 Å². The van der Waals surface area contributed by atoms with Crippen LogP contribution >= 0.6 is 0 Å². The molecule has 0 aliphatic heterocycles. The number of allylic oxidation sites excluding steroid dienone is 2. The van der Waals surface area contributed by atoms with Gasteiger partial charge in [-0.3, -0.25) is 0 Å². The van der Waals surface area contributed by atoms with Crippen LogP contribution in [-0.2, 0) is 17.8 Å². The van der Waals surface area contributed by atoms with Crippen molar-refractivity contribution in [3.63, 3.8) is 0 Å². The van der Waals surface area contributed by atoms with E-state index in [2.05, 4.69) is 6.07 Å². The minimum absolute atomic E-state index is 0.201. The van der Waals surface area contributed by atoms with Gasteiger partial charge in [0, 0.05) is 0 Å². The zero-order valence-corrected chi connectivity index (χ0v) is 16.4. The molecule has 0 atom stereocenters. The molecule has 2 aromatic carbocycles.